The Morgan fingerprint density at radius 3 is 2.58 bits per heavy atom. The van der Waals surface area contributed by atoms with Crippen LogP contribution in [0.15, 0.2) is 41.8 Å². The zero-order chi connectivity index (χ0) is 25.1. The SMILES string of the molecule is Cc1ccc(C(=O)N2C(C(=O)NCC3CCCO3)COC23CCN(C(=O)Cc2cccs2)CC3)cc1. The molecule has 3 aliphatic rings. The molecule has 3 fully saturated rings. The molecule has 192 valence electrons. The van der Waals surface area contributed by atoms with Crippen molar-refractivity contribution in [2.75, 3.05) is 32.8 Å². The number of ether oxygens (including phenoxy) is 2. The highest BCUT2D eigenvalue weighted by Crippen LogP contribution is 2.38. The van der Waals surface area contributed by atoms with Crippen LogP contribution in [0.3, 0.4) is 0 Å². The van der Waals surface area contributed by atoms with Gasteiger partial charge in [0.2, 0.25) is 11.8 Å². The monoisotopic (exact) mass is 511 g/mol. The molecule has 2 aromatic rings. The van der Waals surface area contributed by atoms with Crippen LogP contribution in [0, 0.1) is 6.92 Å². The van der Waals surface area contributed by atoms with Crippen molar-refractivity contribution in [1.82, 2.24) is 15.1 Å². The Morgan fingerprint density at radius 2 is 1.92 bits per heavy atom. The Kier molecular flexibility index (Phi) is 7.41. The van der Waals surface area contributed by atoms with Gasteiger partial charge in [-0.05, 0) is 43.3 Å². The molecule has 3 aliphatic heterocycles. The number of carbonyl (C=O) groups is 3. The third-order valence-electron chi connectivity index (χ3n) is 7.41. The Balaban J connectivity index is 1.32. The highest BCUT2D eigenvalue weighted by molar-refractivity contribution is 7.10. The Morgan fingerprint density at radius 1 is 1.14 bits per heavy atom. The quantitative estimate of drug-likeness (QED) is 0.645. The summed E-state index contributed by atoms with van der Waals surface area (Å²) >= 11 is 1.58. The van der Waals surface area contributed by atoms with Gasteiger partial charge in [-0.2, -0.15) is 0 Å². The van der Waals surface area contributed by atoms with Gasteiger partial charge in [-0.25, -0.2) is 0 Å². The highest BCUT2D eigenvalue weighted by Gasteiger charge is 2.54. The standard InChI is InChI=1S/C27H33N3O5S/c1-19-6-8-20(9-7-19)26(33)30-23(25(32)28-17-21-4-2-14-34-21)18-35-27(30)10-12-29(13-11-27)24(31)16-22-5-3-15-36-22/h3,5-9,15,21,23H,2,4,10-14,16-18H2,1H3,(H,28,32). The van der Waals surface area contributed by atoms with Crippen molar-refractivity contribution in [3.05, 3.63) is 57.8 Å². The second-order valence-corrected chi connectivity index (χ2v) is 10.9. The topological polar surface area (TPSA) is 88.2 Å². The van der Waals surface area contributed by atoms with Crippen molar-refractivity contribution in [2.24, 2.45) is 0 Å². The zero-order valence-electron chi connectivity index (χ0n) is 20.6. The summed E-state index contributed by atoms with van der Waals surface area (Å²) in [5, 5.41) is 4.96. The van der Waals surface area contributed by atoms with Gasteiger partial charge in [0.15, 0.2) is 0 Å². The van der Waals surface area contributed by atoms with Crippen LogP contribution < -0.4 is 5.32 Å². The second-order valence-electron chi connectivity index (χ2n) is 9.83. The molecule has 8 nitrogen and oxygen atoms in total. The van der Waals surface area contributed by atoms with Crippen LogP contribution in [0.1, 0.15) is 46.5 Å². The predicted octanol–water partition coefficient (Wildman–Crippen LogP) is 2.75. The van der Waals surface area contributed by atoms with Crippen molar-refractivity contribution in [3.63, 3.8) is 0 Å². The summed E-state index contributed by atoms with van der Waals surface area (Å²) in [4.78, 5) is 44.4. The van der Waals surface area contributed by atoms with Gasteiger partial charge in [0.1, 0.15) is 11.8 Å². The fraction of sp³-hybridized carbons (Fsp3) is 0.519. The maximum absolute atomic E-state index is 13.8. The van der Waals surface area contributed by atoms with Crippen LogP contribution in [0.5, 0.6) is 0 Å². The number of nitrogens with one attached hydrogen (secondary N) is 1. The van der Waals surface area contributed by atoms with Gasteiger partial charge in [0.05, 0.1) is 19.1 Å². The van der Waals surface area contributed by atoms with Crippen molar-refractivity contribution in [2.45, 2.75) is 56.9 Å². The van der Waals surface area contributed by atoms with E-state index < -0.39 is 11.8 Å². The molecule has 3 amide bonds. The lowest BCUT2D eigenvalue weighted by Crippen LogP contribution is -2.60. The first kappa shape index (κ1) is 24.9. The normalized spacial score (nSPS) is 23.2. The van der Waals surface area contributed by atoms with E-state index >= 15 is 0 Å². The first-order valence-corrected chi connectivity index (χ1v) is 13.6. The number of benzene rings is 1. The molecule has 0 aliphatic carbocycles. The number of hydrogen-bond donors (Lipinski definition) is 1. The van der Waals surface area contributed by atoms with Crippen molar-refractivity contribution >= 4 is 29.1 Å². The number of nitrogens with zero attached hydrogens (tertiary/aromatic N) is 2. The molecule has 1 aromatic carbocycles. The number of thiophene rings is 1. The van der Waals surface area contributed by atoms with Gasteiger partial charge in [0, 0.05) is 49.5 Å². The molecule has 0 bridgehead atoms. The van der Waals surface area contributed by atoms with E-state index in [1.165, 1.54) is 0 Å². The van der Waals surface area contributed by atoms with Crippen LogP contribution in [0.25, 0.3) is 0 Å². The smallest absolute Gasteiger partial charge is 0.256 e. The molecule has 1 spiro atoms. The molecular weight excluding hydrogens is 478 g/mol. The van der Waals surface area contributed by atoms with E-state index in [4.69, 9.17) is 9.47 Å². The summed E-state index contributed by atoms with van der Waals surface area (Å²) in [6.07, 6.45) is 3.25. The van der Waals surface area contributed by atoms with Gasteiger partial charge in [0.25, 0.3) is 5.91 Å². The van der Waals surface area contributed by atoms with Gasteiger partial charge >= 0.3 is 0 Å². The van der Waals surface area contributed by atoms with Crippen LogP contribution in [-0.4, -0.2) is 78.2 Å². The molecule has 5 rings (SSSR count). The lowest BCUT2D eigenvalue weighted by atomic mass is 9.96. The van der Waals surface area contributed by atoms with Crippen molar-refractivity contribution < 1.29 is 23.9 Å². The Bertz CT molecular complexity index is 1070. The van der Waals surface area contributed by atoms with Gasteiger partial charge in [-0.3, -0.25) is 19.3 Å². The molecule has 9 heteroatoms. The zero-order valence-corrected chi connectivity index (χ0v) is 21.4. The summed E-state index contributed by atoms with van der Waals surface area (Å²) in [5.74, 6) is -0.366. The molecular formula is C27H33N3O5S. The summed E-state index contributed by atoms with van der Waals surface area (Å²) in [6.45, 7) is 4.21. The molecule has 1 aromatic heterocycles. The van der Waals surface area contributed by atoms with Gasteiger partial charge in [-0.1, -0.05) is 23.8 Å². The van der Waals surface area contributed by atoms with E-state index in [0.717, 1.165) is 29.9 Å². The maximum atomic E-state index is 13.8. The lowest BCUT2D eigenvalue weighted by Gasteiger charge is -2.44. The fourth-order valence-electron chi connectivity index (χ4n) is 5.32. The van der Waals surface area contributed by atoms with Crippen LogP contribution in [0.4, 0.5) is 0 Å². The number of piperidine rings is 1. The molecule has 0 radical (unpaired) electrons. The van der Waals surface area contributed by atoms with E-state index in [1.54, 1.807) is 28.4 Å². The fourth-order valence-corrected chi connectivity index (χ4v) is 6.02. The third kappa shape index (κ3) is 5.19. The van der Waals surface area contributed by atoms with Crippen molar-refractivity contribution in [3.8, 4) is 0 Å². The van der Waals surface area contributed by atoms with Crippen molar-refractivity contribution in [1.29, 1.82) is 0 Å². The average Bonchev–Trinajstić information content (AvgIpc) is 3.65. The van der Waals surface area contributed by atoms with Gasteiger partial charge in [-0.15, -0.1) is 11.3 Å². The lowest BCUT2D eigenvalue weighted by molar-refractivity contribution is -0.143. The second kappa shape index (κ2) is 10.7. The van der Waals surface area contributed by atoms with E-state index in [9.17, 15) is 14.4 Å². The minimum absolute atomic E-state index is 0.0177. The minimum Gasteiger partial charge on any atom is -0.376 e. The Hall–Kier alpha value is -2.75. The summed E-state index contributed by atoms with van der Waals surface area (Å²) in [6, 6.07) is 10.6. The van der Waals surface area contributed by atoms with Gasteiger partial charge < -0.3 is 19.7 Å². The van der Waals surface area contributed by atoms with E-state index in [-0.39, 0.29) is 30.4 Å². The Labute approximate surface area is 215 Å². The third-order valence-corrected chi connectivity index (χ3v) is 8.29. The molecule has 2 atom stereocenters. The number of aryl methyl sites for hydroxylation is 1. The molecule has 1 N–H and O–H groups in total. The van der Waals surface area contributed by atoms with E-state index in [1.807, 2.05) is 41.5 Å². The molecule has 4 heterocycles. The number of rotatable bonds is 6. The maximum Gasteiger partial charge on any atom is 0.256 e. The summed E-state index contributed by atoms with van der Waals surface area (Å²) in [5.41, 5.74) is 0.675. The number of likely N-dealkylation sites (tertiary alicyclic amines) is 1. The number of hydrogen-bond acceptors (Lipinski definition) is 6. The molecule has 2 unspecified atom stereocenters. The number of carbonyl (C=O) groups excluding carboxylic acids is 3. The molecule has 3 saturated heterocycles. The number of amides is 3. The van der Waals surface area contributed by atoms with Crippen LogP contribution in [0.2, 0.25) is 0 Å². The predicted molar refractivity (Wildman–Crippen MR) is 136 cm³/mol. The first-order chi connectivity index (χ1) is 17.4. The highest BCUT2D eigenvalue weighted by atomic mass is 32.1. The minimum atomic E-state index is -0.909. The van der Waals surface area contributed by atoms with E-state index in [2.05, 4.69) is 5.32 Å². The molecule has 36 heavy (non-hydrogen) atoms. The summed E-state index contributed by atoms with van der Waals surface area (Å²) < 4.78 is 11.9. The summed E-state index contributed by atoms with van der Waals surface area (Å²) in [7, 11) is 0. The van der Waals surface area contributed by atoms with Crippen LogP contribution >= 0.6 is 11.3 Å². The average molecular weight is 512 g/mol. The largest absolute Gasteiger partial charge is 0.376 e. The first-order valence-electron chi connectivity index (χ1n) is 12.7. The van der Waals surface area contributed by atoms with E-state index in [0.29, 0.717) is 44.5 Å². The molecule has 0 saturated carbocycles. The van der Waals surface area contributed by atoms with Crippen LogP contribution in [-0.2, 0) is 25.5 Å².